The fourth-order valence-corrected chi connectivity index (χ4v) is 2.08. The Morgan fingerprint density at radius 3 is 2.05 bits per heavy atom. The number of carbonyl (C=O) groups excluding carboxylic acids is 1. The van der Waals surface area contributed by atoms with Crippen molar-refractivity contribution in [1.29, 1.82) is 0 Å². The number of sulfonamides is 1. The number of aliphatic carboxylic acids is 1. The van der Waals surface area contributed by atoms with Crippen molar-refractivity contribution in [2.24, 2.45) is 0 Å². The molecule has 0 aliphatic heterocycles. The van der Waals surface area contributed by atoms with Crippen molar-refractivity contribution in [2.45, 2.75) is 38.5 Å². The summed E-state index contributed by atoms with van der Waals surface area (Å²) in [6.07, 6.45) is 4.99. The van der Waals surface area contributed by atoms with Crippen molar-refractivity contribution in [3.05, 3.63) is 0 Å². The number of carbonyl (C=O) groups is 2. The SMILES string of the molecule is CS(=O)(=O)NCCCNC(=O)NCCCCCCC(=O)O. The van der Waals surface area contributed by atoms with Crippen molar-refractivity contribution in [2.75, 3.05) is 25.9 Å². The van der Waals surface area contributed by atoms with Gasteiger partial charge in [0.2, 0.25) is 10.0 Å². The molecule has 0 spiro atoms. The fraction of sp³-hybridized carbons (Fsp3) is 0.833. The molecule has 124 valence electrons. The minimum Gasteiger partial charge on any atom is -0.481 e. The molecule has 0 rings (SSSR count). The Kier molecular flexibility index (Phi) is 10.6. The Morgan fingerprint density at radius 2 is 1.48 bits per heavy atom. The average Bonchev–Trinajstić information content (AvgIpc) is 2.35. The number of hydrogen-bond donors (Lipinski definition) is 4. The zero-order chi connectivity index (χ0) is 16.1. The van der Waals surface area contributed by atoms with E-state index in [0.717, 1.165) is 25.5 Å². The number of unbranched alkanes of at least 4 members (excludes halogenated alkanes) is 3. The first-order valence-electron chi connectivity index (χ1n) is 6.99. The smallest absolute Gasteiger partial charge is 0.314 e. The molecule has 9 heteroatoms. The molecule has 0 heterocycles. The Bertz CT molecular complexity index is 411. The topological polar surface area (TPSA) is 125 Å². The zero-order valence-corrected chi connectivity index (χ0v) is 13.2. The second-order valence-electron chi connectivity index (χ2n) is 4.76. The maximum absolute atomic E-state index is 11.3. The van der Waals surface area contributed by atoms with Crippen LogP contribution in [0.4, 0.5) is 4.79 Å². The van der Waals surface area contributed by atoms with Gasteiger partial charge in [-0.05, 0) is 19.3 Å². The van der Waals surface area contributed by atoms with Gasteiger partial charge in [-0.15, -0.1) is 0 Å². The Hall–Kier alpha value is -1.35. The van der Waals surface area contributed by atoms with Crippen LogP contribution in [-0.4, -0.2) is 51.4 Å². The highest BCUT2D eigenvalue weighted by molar-refractivity contribution is 7.88. The molecule has 0 aliphatic rings. The van der Waals surface area contributed by atoms with Crippen molar-refractivity contribution >= 4 is 22.0 Å². The van der Waals surface area contributed by atoms with Crippen LogP contribution < -0.4 is 15.4 Å². The van der Waals surface area contributed by atoms with Gasteiger partial charge in [0.05, 0.1) is 6.26 Å². The van der Waals surface area contributed by atoms with E-state index in [1.54, 1.807) is 0 Å². The molecule has 0 fully saturated rings. The number of amides is 2. The van der Waals surface area contributed by atoms with Gasteiger partial charge >= 0.3 is 12.0 Å². The zero-order valence-electron chi connectivity index (χ0n) is 12.4. The van der Waals surface area contributed by atoms with Gasteiger partial charge in [-0.2, -0.15) is 0 Å². The van der Waals surface area contributed by atoms with E-state index >= 15 is 0 Å². The molecule has 0 bridgehead atoms. The maximum atomic E-state index is 11.3. The molecule has 2 amide bonds. The van der Waals surface area contributed by atoms with E-state index in [9.17, 15) is 18.0 Å². The third-order valence-corrected chi connectivity index (χ3v) is 3.33. The van der Waals surface area contributed by atoms with Gasteiger partial charge in [-0.1, -0.05) is 12.8 Å². The first kappa shape index (κ1) is 19.7. The molecule has 0 aliphatic carbocycles. The number of rotatable bonds is 12. The van der Waals surface area contributed by atoms with Crippen molar-refractivity contribution in [3.63, 3.8) is 0 Å². The average molecular weight is 323 g/mol. The Balaban J connectivity index is 3.33. The van der Waals surface area contributed by atoms with Gasteiger partial charge < -0.3 is 15.7 Å². The van der Waals surface area contributed by atoms with E-state index < -0.39 is 16.0 Å². The van der Waals surface area contributed by atoms with Crippen LogP contribution in [0.1, 0.15) is 38.5 Å². The molecule has 0 atom stereocenters. The number of urea groups is 1. The minimum absolute atomic E-state index is 0.190. The number of hydrogen-bond acceptors (Lipinski definition) is 4. The third-order valence-electron chi connectivity index (χ3n) is 2.61. The number of carboxylic acid groups (broad SMARTS) is 1. The van der Waals surface area contributed by atoms with Crippen LogP contribution in [0.5, 0.6) is 0 Å². The molecule has 8 nitrogen and oxygen atoms in total. The molecule has 0 aromatic heterocycles. The lowest BCUT2D eigenvalue weighted by atomic mass is 10.1. The highest BCUT2D eigenvalue weighted by Crippen LogP contribution is 2.01. The molecule has 0 radical (unpaired) electrons. The van der Waals surface area contributed by atoms with E-state index in [1.807, 2.05) is 0 Å². The van der Waals surface area contributed by atoms with Crippen LogP contribution in [0.3, 0.4) is 0 Å². The summed E-state index contributed by atoms with van der Waals surface area (Å²) >= 11 is 0. The fourth-order valence-electron chi connectivity index (χ4n) is 1.57. The van der Waals surface area contributed by atoms with Crippen LogP contribution in [0.15, 0.2) is 0 Å². The van der Waals surface area contributed by atoms with Crippen LogP contribution >= 0.6 is 0 Å². The minimum atomic E-state index is -3.17. The molecular weight excluding hydrogens is 298 g/mol. The summed E-state index contributed by atoms with van der Waals surface area (Å²) in [7, 11) is -3.17. The third kappa shape index (κ3) is 16.6. The molecular formula is C12H25N3O5S. The molecule has 21 heavy (non-hydrogen) atoms. The highest BCUT2D eigenvalue weighted by Gasteiger charge is 2.01. The van der Waals surface area contributed by atoms with Crippen LogP contribution in [0.25, 0.3) is 0 Å². The molecule has 0 aromatic carbocycles. The van der Waals surface area contributed by atoms with Gasteiger partial charge in [-0.25, -0.2) is 17.9 Å². The molecule has 0 unspecified atom stereocenters. The predicted molar refractivity (Wildman–Crippen MR) is 79.6 cm³/mol. The van der Waals surface area contributed by atoms with Crippen molar-refractivity contribution in [3.8, 4) is 0 Å². The van der Waals surface area contributed by atoms with Crippen LogP contribution in [0, 0.1) is 0 Å². The van der Waals surface area contributed by atoms with E-state index in [-0.39, 0.29) is 12.5 Å². The van der Waals surface area contributed by atoms with Crippen LogP contribution in [-0.2, 0) is 14.8 Å². The second-order valence-corrected chi connectivity index (χ2v) is 6.59. The summed E-state index contributed by atoms with van der Waals surface area (Å²) in [4.78, 5) is 21.6. The molecule has 0 saturated carbocycles. The number of carboxylic acids is 1. The summed E-state index contributed by atoms with van der Waals surface area (Å²) < 4.78 is 23.9. The number of nitrogens with one attached hydrogen (secondary N) is 3. The Morgan fingerprint density at radius 1 is 0.905 bits per heavy atom. The van der Waals surface area contributed by atoms with Gasteiger partial charge in [-0.3, -0.25) is 4.79 Å². The standard InChI is InChI=1S/C12H25N3O5S/c1-21(19,20)15-10-6-9-14-12(18)13-8-5-3-2-4-7-11(16)17/h15H,2-10H2,1H3,(H,16,17)(H2,13,14,18). The van der Waals surface area contributed by atoms with E-state index in [0.29, 0.717) is 32.5 Å². The summed E-state index contributed by atoms with van der Waals surface area (Å²) in [5, 5.41) is 13.8. The summed E-state index contributed by atoms with van der Waals surface area (Å²) in [5.74, 6) is -0.780. The van der Waals surface area contributed by atoms with E-state index in [1.165, 1.54) is 0 Å². The normalized spacial score (nSPS) is 11.1. The monoisotopic (exact) mass is 323 g/mol. The van der Waals surface area contributed by atoms with Gasteiger partial charge in [0, 0.05) is 26.1 Å². The molecule has 0 saturated heterocycles. The van der Waals surface area contributed by atoms with Crippen LogP contribution in [0.2, 0.25) is 0 Å². The Labute approximate surface area is 125 Å². The molecule has 0 aromatic rings. The van der Waals surface area contributed by atoms with Gasteiger partial charge in [0.1, 0.15) is 0 Å². The summed E-state index contributed by atoms with van der Waals surface area (Å²) in [6, 6.07) is -0.278. The summed E-state index contributed by atoms with van der Waals surface area (Å²) in [6.45, 7) is 1.23. The van der Waals surface area contributed by atoms with E-state index in [4.69, 9.17) is 5.11 Å². The lowest BCUT2D eigenvalue weighted by molar-refractivity contribution is -0.137. The van der Waals surface area contributed by atoms with Gasteiger partial charge in [0.25, 0.3) is 0 Å². The second kappa shape index (κ2) is 11.3. The van der Waals surface area contributed by atoms with E-state index in [2.05, 4.69) is 15.4 Å². The van der Waals surface area contributed by atoms with Crippen molar-refractivity contribution < 1.29 is 23.1 Å². The predicted octanol–water partition coefficient (Wildman–Crippen LogP) is 0.260. The largest absolute Gasteiger partial charge is 0.481 e. The summed E-state index contributed by atoms with van der Waals surface area (Å²) in [5.41, 5.74) is 0. The first-order chi connectivity index (χ1) is 9.81. The molecule has 4 N–H and O–H groups in total. The lowest BCUT2D eigenvalue weighted by Crippen LogP contribution is -2.37. The van der Waals surface area contributed by atoms with Gasteiger partial charge in [0.15, 0.2) is 0 Å². The quantitative estimate of drug-likeness (QED) is 0.383. The maximum Gasteiger partial charge on any atom is 0.314 e. The first-order valence-corrected chi connectivity index (χ1v) is 8.88. The highest BCUT2D eigenvalue weighted by atomic mass is 32.2. The lowest BCUT2D eigenvalue weighted by Gasteiger charge is -2.07. The van der Waals surface area contributed by atoms with Crippen molar-refractivity contribution in [1.82, 2.24) is 15.4 Å².